The number of carbonyl (C=O) groups is 1. The maximum absolute atomic E-state index is 11.1. The average Bonchev–Trinajstić information content (AvgIpc) is 3.16. The van der Waals surface area contributed by atoms with E-state index in [0.29, 0.717) is 6.54 Å². The first-order valence-electron chi connectivity index (χ1n) is 7.75. The van der Waals surface area contributed by atoms with Crippen LogP contribution in [0, 0.1) is 0 Å². The zero-order valence-electron chi connectivity index (χ0n) is 13.5. The third kappa shape index (κ3) is 2.42. The first kappa shape index (κ1) is 14.4. The number of carbonyl (C=O) groups excluding carboxylic acids is 1. The topological polar surface area (TPSA) is 75.6 Å². The summed E-state index contributed by atoms with van der Waals surface area (Å²) >= 11 is 0. The molecule has 0 aliphatic carbocycles. The van der Waals surface area contributed by atoms with Crippen molar-refractivity contribution in [1.82, 2.24) is 25.1 Å². The molecule has 0 unspecified atom stereocenters. The van der Waals surface area contributed by atoms with Gasteiger partial charge in [0.15, 0.2) is 5.65 Å². The second-order valence-electron chi connectivity index (χ2n) is 5.88. The zero-order valence-corrected chi connectivity index (χ0v) is 13.5. The molecule has 0 spiro atoms. The molecule has 6 nitrogen and oxygen atoms in total. The maximum Gasteiger partial charge on any atom is 0.217 e. The molecule has 0 fully saturated rings. The van der Waals surface area contributed by atoms with E-state index in [4.69, 9.17) is 0 Å². The van der Waals surface area contributed by atoms with Crippen LogP contribution in [0.3, 0.4) is 0 Å². The molecule has 0 saturated heterocycles. The summed E-state index contributed by atoms with van der Waals surface area (Å²) in [7, 11) is 1.97. The Kier molecular flexibility index (Phi) is 3.30. The van der Waals surface area contributed by atoms with E-state index in [2.05, 4.69) is 26.4 Å². The SMILES string of the molecule is CC(=O)NCc1cccc(-c2cc3c(ncc4c[nH]n(C)c43)n2)c1. The number of amides is 1. The van der Waals surface area contributed by atoms with Crippen molar-refractivity contribution in [3.8, 4) is 11.3 Å². The van der Waals surface area contributed by atoms with E-state index in [1.807, 2.05) is 48.4 Å². The Bertz CT molecular complexity index is 1060. The number of nitrogens with zero attached hydrogens (tertiary/aromatic N) is 3. The summed E-state index contributed by atoms with van der Waals surface area (Å²) in [4.78, 5) is 20.2. The monoisotopic (exact) mass is 319 g/mol. The minimum atomic E-state index is -0.0378. The molecule has 1 aromatic carbocycles. The van der Waals surface area contributed by atoms with Crippen LogP contribution in [-0.4, -0.2) is 25.7 Å². The summed E-state index contributed by atoms with van der Waals surface area (Å²) in [6.07, 6.45) is 3.76. The Morgan fingerprint density at radius 2 is 2.21 bits per heavy atom. The molecule has 3 aromatic heterocycles. The Balaban J connectivity index is 1.79. The molecule has 120 valence electrons. The maximum atomic E-state index is 11.1. The first-order valence-corrected chi connectivity index (χ1v) is 7.75. The molecular weight excluding hydrogens is 302 g/mol. The quantitative estimate of drug-likeness (QED) is 0.609. The fourth-order valence-electron chi connectivity index (χ4n) is 2.95. The molecule has 24 heavy (non-hydrogen) atoms. The molecule has 0 atom stereocenters. The summed E-state index contributed by atoms with van der Waals surface area (Å²) in [5, 5.41) is 8.06. The van der Waals surface area contributed by atoms with Gasteiger partial charge in [-0.1, -0.05) is 18.2 Å². The highest BCUT2D eigenvalue weighted by molar-refractivity contribution is 6.04. The van der Waals surface area contributed by atoms with Crippen LogP contribution in [0.4, 0.5) is 0 Å². The van der Waals surface area contributed by atoms with Crippen molar-refractivity contribution in [2.75, 3.05) is 0 Å². The molecular formula is C18H17N5O. The third-order valence-electron chi connectivity index (χ3n) is 4.12. The average molecular weight is 319 g/mol. The van der Waals surface area contributed by atoms with Gasteiger partial charge in [0.2, 0.25) is 5.91 Å². The highest BCUT2D eigenvalue weighted by Gasteiger charge is 2.11. The standard InChI is InChI=1S/C18H17N5O/c1-11(24)19-8-12-4-3-5-13(6-12)16-7-15-17-14(10-21-23(17)2)9-20-18(15)22-16/h3-7,9-10,21H,8H2,1-2H3,(H,19,24). The lowest BCUT2D eigenvalue weighted by Crippen LogP contribution is -2.18. The van der Waals surface area contributed by atoms with Crippen LogP contribution < -0.4 is 5.32 Å². The van der Waals surface area contributed by atoms with Crippen molar-refractivity contribution in [2.45, 2.75) is 13.5 Å². The number of fused-ring (bicyclic) bond motifs is 3. The minimum absolute atomic E-state index is 0.0378. The van der Waals surface area contributed by atoms with Gasteiger partial charge in [0.25, 0.3) is 0 Å². The summed E-state index contributed by atoms with van der Waals surface area (Å²) in [5.74, 6) is -0.0378. The Hall–Kier alpha value is -3.15. The van der Waals surface area contributed by atoms with Gasteiger partial charge in [0.05, 0.1) is 11.2 Å². The van der Waals surface area contributed by atoms with Crippen LogP contribution in [0.25, 0.3) is 33.2 Å². The van der Waals surface area contributed by atoms with Crippen molar-refractivity contribution in [1.29, 1.82) is 0 Å². The Labute approximate surface area is 138 Å². The van der Waals surface area contributed by atoms with Crippen LogP contribution >= 0.6 is 0 Å². The van der Waals surface area contributed by atoms with Gasteiger partial charge >= 0.3 is 0 Å². The van der Waals surface area contributed by atoms with Crippen molar-refractivity contribution in [3.63, 3.8) is 0 Å². The Morgan fingerprint density at radius 1 is 1.33 bits per heavy atom. The normalized spacial score (nSPS) is 11.2. The molecule has 1 amide bonds. The summed E-state index contributed by atoms with van der Waals surface area (Å²) < 4.78 is 1.97. The van der Waals surface area contributed by atoms with Gasteiger partial charge in [0, 0.05) is 49.2 Å². The largest absolute Gasteiger partial charge is 0.352 e. The third-order valence-corrected chi connectivity index (χ3v) is 4.12. The number of benzene rings is 1. The van der Waals surface area contributed by atoms with Crippen molar-refractivity contribution < 1.29 is 4.79 Å². The van der Waals surface area contributed by atoms with E-state index in [1.54, 1.807) is 0 Å². The van der Waals surface area contributed by atoms with Gasteiger partial charge in [-0.05, 0) is 17.7 Å². The van der Waals surface area contributed by atoms with Gasteiger partial charge < -0.3 is 10.4 Å². The molecule has 4 rings (SSSR count). The number of hydrogen-bond acceptors (Lipinski definition) is 3. The molecule has 0 aliphatic heterocycles. The van der Waals surface area contributed by atoms with Crippen LogP contribution in [0.15, 0.2) is 42.7 Å². The Morgan fingerprint density at radius 3 is 3.04 bits per heavy atom. The molecule has 0 aliphatic rings. The van der Waals surface area contributed by atoms with E-state index < -0.39 is 0 Å². The second-order valence-corrected chi connectivity index (χ2v) is 5.88. The van der Waals surface area contributed by atoms with Crippen LogP contribution in [0.1, 0.15) is 12.5 Å². The van der Waals surface area contributed by atoms with Crippen LogP contribution in [0.5, 0.6) is 0 Å². The summed E-state index contributed by atoms with van der Waals surface area (Å²) in [6.45, 7) is 2.03. The van der Waals surface area contributed by atoms with Gasteiger partial charge in [0.1, 0.15) is 0 Å². The van der Waals surface area contributed by atoms with Gasteiger partial charge in [-0.25, -0.2) is 9.97 Å². The van der Waals surface area contributed by atoms with Gasteiger partial charge in [-0.3, -0.25) is 9.48 Å². The highest BCUT2D eigenvalue weighted by Crippen LogP contribution is 2.28. The van der Waals surface area contributed by atoms with E-state index >= 15 is 0 Å². The fraction of sp³-hybridized carbons (Fsp3) is 0.167. The van der Waals surface area contributed by atoms with Crippen molar-refractivity contribution >= 4 is 27.8 Å². The smallest absolute Gasteiger partial charge is 0.217 e. The number of rotatable bonds is 3. The van der Waals surface area contributed by atoms with E-state index in [0.717, 1.165) is 38.8 Å². The summed E-state index contributed by atoms with van der Waals surface area (Å²) in [5.41, 5.74) is 4.77. The van der Waals surface area contributed by atoms with Crippen molar-refractivity contribution in [2.24, 2.45) is 7.05 Å². The minimum Gasteiger partial charge on any atom is -0.352 e. The molecule has 2 N–H and O–H groups in total. The highest BCUT2D eigenvalue weighted by atomic mass is 16.1. The van der Waals surface area contributed by atoms with E-state index in [-0.39, 0.29) is 5.91 Å². The lowest BCUT2D eigenvalue weighted by Gasteiger charge is -2.04. The van der Waals surface area contributed by atoms with E-state index in [9.17, 15) is 4.79 Å². The molecule has 0 bridgehead atoms. The molecule has 0 saturated carbocycles. The van der Waals surface area contributed by atoms with Gasteiger partial charge in [-0.15, -0.1) is 0 Å². The molecule has 3 heterocycles. The number of aromatic amines is 1. The van der Waals surface area contributed by atoms with E-state index in [1.165, 1.54) is 6.92 Å². The zero-order chi connectivity index (χ0) is 16.7. The number of aromatic nitrogens is 4. The van der Waals surface area contributed by atoms with Crippen molar-refractivity contribution in [3.05, 3.63) is 48.3 Å². The molecule has 6 heteroatoms. The number of nitrogens with one attached hydrogen (secondary N) is 2. The number of pyridine rings is 1. The number of aryl methyl sites for hydroxylation is 1. The number of hydrogen-bond donors (Lipinski definition) is 2. The number of H-pyrrole nitrogens is 1. The molecule has 4 aromatic rings. The molecule has 0 radical (unpaired) electrons. The predicted octanol–water partition coefficient (Wildman–Crippen LogP) is 2.75. The first-order chi connectivity index (χ1) is 11.6. The second kappa shape index (κ2) is 5.49. The summed E-state index contributed by atoms with van der Waals surface area (Å²) in [6, 6.07) is 10.1. The lowest BCUT2D eigenvalue weighted by molar-refractivity contribution is -0.119. The fourth-order valence-corrected chi connectivity index (χ4v) is 2.95. The van der Waals surface area contributed by atoms with Gasteiger partial charge in [-0.2, -0.15) is 0 Å². The van der Waals surface area contributed by atoms with Crippen LogP contribution in [0.2, 0.25) is 0 Å². The lowest BCUT2D eigenvalue weighted by atomic mass is 10.1. The van der Waals surface area contributed by atoms with Crippen LogP contribution in [-0.2, 0) is 18.4 Å². The predicted molar refractivity (Wildman–Crippen MR) is 93.3 cm³/mol.